The normalized spacial score (nSPS) is 12.6. The Hall–Kier alpha value is -0.780. The maximum absolute atomic E-state index is 11.5. The van der Waals surface area contributed by atoms with Crippen LogP contribution in [0.1, 0.15) is 44.7 Å². The molecule has 0 saturated carbocycles. The van der Waals surface area contributed by atoms with Gasteiger partial charge in [-0.25, -0.2) is 0 Å². The van der Waals surface area contributed by atoms with Crippen LogP contribution >= 0.6 is 34.8 Å². The van der Waals surface area contributed by atoms with Crippen molar-refractivity contribution in [3.63, 3.8) is 0 Å². The summed E-state index contributed by atoms with van der Waals surface area (Å²) in [5.41, 5.74) is 1.81. The third-order valence-corrected chi connectivity index (χ3v) is 7.14. The fourth-order valence-corrected chi connectivity index (χ4v) is 4.41. The second kappa shape index (κ2) is 12.3. The van der Waals surface area contributed by atoms with Crippen LogP contribution < -0.4 is 9.47 Å². The zero-order valence-corrected chi connectivity index (χ0v) is 20.8. The molecule has 2 rings (SSSR count). The van der Waals surface area contributed by atoms with E-state index in [2.05, 4.69) is 26.0 Å². The van der Waals surface area contributed by atoms with Crippen molar-refractivity contribution in [1.82, 2.24) is 0 Å². The molecule has 0 heterocycles. The molecule has 166 valence electrons. The van der Waals surface area contributed by atoms with E-state index in [9.17, 15) is 4.55 Å². The Morgan fingerprint density at radius 1 is 0.933 bits per heavy atom. The molecular formula is C23H29Cl3O3S. The van der Waals surface area contributed by atoms with Crippen molar-refractivity contribution in [3.8, 4) is 11.5 Å². The minimum atomic E-state index is -0.798. The van der Waals surface area contributed by atoms with E-state index in [-0.39, 0.29) is 5.41 Å². The summed E-state index contributed by atoms with van der Waals surface area (Å²) >= 11 is 17.9. The zero-order chi connectivity index (χ0) is 22.1. The lowest BCUT2D eigenvalue weighted by atomic mass is 9.78. The van der Waals surface area contributed by atoms with Crippen LogP contribution in [0.3, 0.4) is 0 Å². The first-order valence-electron chi connectivity index (χ1n) is 10.1. The second-order valence-electron chi connectivity index (χ2n) is 7.44. The van der Waals surface area contributed by atoms with Gasteiger partial charge >= 0.3 is 0 Å². The Labute approximate surface area is 198 Å². The van der Waals surface area contributed by atoms with Crippen molar-refractivity contribution >= 4 is 46.0 Å². The number of hydrogen-bond donors (Lipinski definition) is 0. The first kappa shape index (κ1) is 25.5. The summed E-state index contributed by atoms with van der Waals surface area (Å²) < 4.78 is 23.0. The third-order valence-electron chi connectivity index (χ3n) is 4.93. The lowest BCUT2D eigenvalue weighted by molar-refractivity contribution is 0.318. The molecule has 3 nitrogen and oxygen atoms in total. The molecule has 0 amide bonds. The van der Waals surface area contributed by atoms with Gasteiger partial charge in [0.05, 0.1) is 23.3 Å². The van der Waals surface area contributed by atoms with Crippen LogP contribution in [0.15, 0.2) is 36.4 Å². The fourth-order valence-electron chi connectivity index (χ4n) is 2.98. The maximum Gasteiger partial charge on any atom is 0.156 e. The van der Waals surface area contributed by atoms with Crippen molar-refractivity contribution in [1.29, 1.82) is 0 Å². The molecule has 1 atom stereocenters. The minimum absolute atomic E-state index is 0.307. The van der Waals surface area contributed by atoms with Gasteiger partial charge in [0.2, 0.25) is 0 Å². The molecule has 2 aromatic rings. The molecule has 1 unspecified atom stereocenters. The average molecular weight is 492 g/mol. The Morgan fingerprint density at radius 2 is 1.53 bits per heavy atom. The van der Waals surface area contributed by atoms with Crippen LogP contribution in [0.2, 0.25) is 10.0 Å². The lowest BCUT2D eigenvalue weighted by Gasteiger charge is -2.27. The monoisotopic (exact) mass is 490 g/mol. The van der Waals surface area contributed by atoms with Crippen molar-refractivity contribution in [2.24, 2.45) is 0 Å². The first-order valence-corrected chi connectivity index (χ1v) is 12.8. The van der Waals surface area contributed by atoms with Gasteiger partial charge in [-0.3, -0.25) is 0 Å². The summed E-state index contributed by atoms with van der Waals surface area (Å²) in [6.45, 7) is 7.19. The van der Waals surface area contributed by atoms with Crippen LogP contribution in [-0.4, -0.2) is 35.2 Å². The van der Waals surface area contributed by atoms with Gasteiger partial charge in [0.15, 0.2) is 5.75 Å². The standard InChI is InChI=1S/C23H29Cl3O3S/c1-4-30(27)14-6-13-29-22-20(25)15-18(16-21(22)26)23(2,3)17-7-9-19(10-8-17)28-12-5-11-24/h7-10,15-16H,4-6,11-14H2,1-3H3. The van der Waals surface area contributed by atoms with E-state index < -0.39 is 11.2 Å². The van der Waals surface area contributed by atoms with E-state index in [0.29, 0.717) is 52.8 Å². The van der Waals surface area contributed by atoms with E-state index in [1.807, 2.05) is 31.2 Å². The SMILES string of the molecule is CC[S+]([O-])CCCOc1c(Cl)cc(C(C)(C)c2ccc(OCCCCl)cc2)cc1Cl. The predicted molar refractivity (Wildman–Crippen MR) is 130 cm³/mol. The molecule has 7 heteroatoms. The third kappa shape index (κ3) is 7.13. The summed E-state index contributed by atoms with van der Waals surface area (Å²) in [7, 11) is 0. The van der Waals surface area contributed by atoms with Crippen LogP contribution in [0.4, 0.5) is 0 Å². The van der Waals surface area contributed by atoms with Crippen molar-refractivity contribution in [3.05, 3.63) is 57.6 Å². The summed E-state index contributed by atoms with van der Waals surface area (Å²) in [5.74, 6) is 3.16. The quantitative estimate of drug-likeness (QED) is 0.185. The van der Waals surface area contributed by atoms with E-state index >= 15 is 0 Å². The maximum atomic E-state index is 11.5. The van der Waals surface area contributed by atoms with Crippen LogP contribution in [0, 0.1) is 0 Å². The van der Waals surface area contributed by atoms with Crippen LogP contribution in [-0.2, 0) is 16.6 Å². The van der Waals surface area contributed by atoms with Gasteiger partial charge in [-0.05, 0) is 48.7 Å². The van der Waals surface area contributed by atoms with Crippen molar-refractivity contribution in [2.45, 2.75) is 39.0 Å². The molecule has 2 aromatic carbocycles. The average Bonchev–Trinajstić information content (AvgIpc) is 2.72. The van der Waals surface area contributed by atoms with Gasteiger partial charge in [0, 0.05) is 17.7 Å². The Bertz CT molecular complexity index is 774. The van der Waals surface area contributed by atoms with Gasteiger partial charge < -0.3 is 14.0 Å². The zero-order valence-electron chi connectivity index (χ0n) is 17.7. The highest BCUT2D eigenvalue weighted by atomic mass is 35.5. The number of benzene rings is 2. The molecule has 30 heavy (non-hydrogen) atoms. The summed E-state index contributed by atoms with van der Waals surface area (Å²) in [5, 5.41) is 0.950. The second-order valence-corrected chi connectivity index (χ2v) is 10.5. The Balaban J connectivity index is 2.10. The van der Waals surface area contributed by atoms with Gasteiger partial charge in [0.25, 0.3) is 0 Å². The molecule has 0 radical (unpaired) electrons. The summed E-state index contributed by atoms with van der Waals surface area (Å²) in [6.07, 6.45) is 1.51. The highest BCUT2D eigenvalue weighted by molar-refractivity contribution is 7.91. The topological polar surface area (TPSA) is 41.5 Å². The van der Waals surface area contributed by atoms with Crippen molar-refractivity contribution < 1.29 is 14.0 Å². The van der Waals surface area contributed by atoms with E-state index in [4.69, 9.17) is 44.3 Å². The fraction of sp³-hybridized carbons (Fsp3) is 0.478. The van der Waals surface area contributed by atoms with E-state index in [1.165, 1.54) is 0 Å². The van der Waals surface area contributed by atoms with Gasteiger partial charge in [-0.15, -0.1) is 11.6 Å². The van der Waals surface area contributed by atoms with E-state index in [0.717, 1.165) is 23.3 Å². The van der Waals surface area contributed by atoms with Crippen molar-refractivity contribution in [2.75, 3.05) is 30.6 Å². The molecule has 0 saturated heterocycles. The van der Waals surface area contributed by atoms with Gasteiger partial charge in [-0.2, -0.15) is 0 Å². The molecule has 0 aliphatic heterocycles. The molecule has 0 aliphatic rings. The largest absolute Gasteiger partial charge is 0.616 e. The minimum Gasteiger partial charge on any atom is -0.616 e. The Kier molecular flexibility index (Phi) is 10.5. The Morgan fingerprint density at radius 3 is 2.10 bits per heavy atom. The molecule has 0 spiro atoms. The van der Waals surface area contributed by atoms with Crippen LogP contribution in [0.25, 0.3) is 0 Å². The molecule has 0 aliphatic carbocycles. The number of ether oxygens (including phenoxy) is 2. The number of rotatable bonds is 12. The molecule has 0 aromatic heterocycles. The molecule has 0 N–H and O–H groups in total. The molecular weight excluding hydrogens is 463 g/mol. The van der Waals surface area contributed by atoms with E-state index in [1.54, 1.807) is 0 Å². The van der Waals surface area contributed by atoms with Gasteiger partial charge in [0.1, 0.15) is 17.3 Å². The van der Waals surface area contributed by atoms with Crippen LogP contribution in [0.5, 0.6) is 11.5 Å². The highest BCUT2D eigenvalue weighted by Gasteiger charge is 2.25. The molecule has 0 fully saturated rings. The lowest BCUT2D eigenvalue weighted by Crippen LogP contribution is -2.19. The molecule has 0 bridgehead atoms. The summed E-state index contributed by atoms with van der Waals surface area (Å²) in [6, 6.07) is 11.8. The van der Waals surface area contributed by atoms with Gasteiger partial charge in [-0.1, -0.05) is 60.4 Å². The number of hydrogen-bond acceptors (Lipinski definition) is 3. The predicted octanol–water partition coefficient (Wildman–Crippen LogP) is 6.86. The summed E-state index contributed by atoms with van der Waals surface area (Å²) in [4.78, 5) is 0. The highest BCUT2D eigenvalue weighted by Crippen LogP contribution is 2.40. The first-order chi connectivity index (χ1) is 14.3. The number of halogens is 3. The smallest absolute Gasteiger partial charge is 0.156 e. The number of alkyl halides is 1.